The summed E-state index contributed by atoms with van der Waals surface area (Å²) in [7, 11) is 0. The molecule has 1 aromatic heterocycles. The van der Waals surface area contributed by atoms with E-state index in [-0.39, 0.29) is 17.9 Å². The highest BCUT2D eigenvalue weighted by atomic mass is 35.5. The fourth-order valence-electron chi connectivity index (χ4n) is 3.71. The summed E-state index contributed by atoms with van der Waals surface area (Å²) in [6, 6.07) is 7.42. The molecule has 25 heavy (non-hydrogen) atoms. The van der Waals surface area contributed by atoms with Crippen LogP contribution >= 0.6 is 22.9 Å². The van der Waals surface area contributed by atoms with Gasteiger partial charge in [0.05, 0.1) is 16.8 Å². The normalized spacial score (nSPS) is 20.1. The van der Waals surface area contributed by atoms with E-state index in [1.807, 2.05) is 4.90 Å². The van der Waals surface area contributed by atoms with Crippen molar-refractivity contribution in [3.8, 4) is 0 Å². The van der Waals surface area contributed by atoms with Gasteiger partial charge in [-0.1, -0.05) is 11.6 Å². The smallest absolute Gasteiger partial charge is 0.254 e. The van der Waals surface area contributed by atoms with Crippen molar-refractivity contribution in [3.05, 3.63) is 50.7 Å². The van der Waals surface area contributed by atoms with Gasteiger partial charge in [0.15, 0.2) is 0 Å². The van der Waals surface area contributed by atoms with E-state index in [1.165, 1.54) is 10.4 Å². The van der Waals surface area contributed by atoms with E-state index in [2.05, 4.69) is 18.4 Å². The fraction of sp³-hybridized carbons (Fsp3) is 0.368. The Morgan fingerprint density at radius 1 is 1.24 bits per heavy atom. The standard InChI is InChI=1S/C19H19ClN2O2S/c1-12-14-7-10-25-17(14)6-9-21(12)19(24)13-4-5-15(20)16(11-13)22-8-2-3-18(22)23/h4-5,7,10-12H,2-3,6,8-9H2,1H3/t12-/m1/s1. The first-order chi connectivity index (χ1) is 12.1. The van der Waals surface area contributed by atoms with Crippen molar-refractivity contribution in [2.45, 2.75) is 32.2 Å². The molecule has 1 aromatic carbocycles. The first kappa shape index (κ1) is 16.6. The van der Waals surface area contributed by atoms with Crippen molar-refractivity contribution in [1.29, 1.82) is 0 Å². The van der Waals surface area contributed by atoms with Crippen molar-refractivity contribution in [2.75, 3.05) is 18.0 Å². The maximum absolute atomic E-state index is 13.1. The van der Waals surface area contributed by atoms with Crippen LogP contribution in [0, 0.1) is 0 Å². The topological polar surface area (TPSA) is 40.6 Å². The van der Waals surface area contributed by atoms with Gasteiger partial charge in [-0.05, 0) is 55.0 Å². The zero-order chi connectivity index (χ0) is 17.6. The zero-order valence-corrected chi connectivity index (χ0v) is 15.6. The van der Waals surface area contributed by atoms with Gasteiger partial charge in [-0.25, -0.2) is 0 Å². The summed E-state index contributed by atoms with van der Waals surface area (Å²) in [6.45, 7) is 3.45. The SMILES string of the molecule is C[C@@H]1c2ccsc2CCN1C(=O)c1ccc(Cl)c(N2CCCC2=O)c1. The lowest BCUT2D eigenvalue weighted by molar-refractivity contribution is -0.117. The molecule has 0 spiro atoms. The molecule has 1 atom stereocenters. The Morgan fingerprint density at radius 2 is 2.08 bits per heavy atom. The van der Waals surface area contributed by atoms with Crippen molar-refractivity contribution >= 4 is 40.4 Å². The number of nitrogens with zero attached hydrogens (tertiary/aromatic N) is 2. The minimum absolute atomic E-state index is 0.00564. The molecule has 0 aliphatic carbocycles. The van der Waals surface area contributed by atoms with Crippen molar-refractivity contribution < 1.29 is 9.59 Å². The van der Waals surface area contributed by atoms with Crippen molar-refractivity contribution in [1.82, 2.24) is 4.90 Å². The van der Waals surface area contributed by atoms with Crippen LogP contribution in [0.5, 0.6) is 0 Å². The highest BCUT2D eigenvalue weighted by Gasteiger charge is 2.30. The van der Waals surface area contributed by atoms with Gasteiger partial charge in [0, 0.05) is 30.0 Å². The summed E-state index contributed by atoms with van der Waals surface area (Å²) < 4.78 is 0. The van der Waals surface area contributed by atoms with Gasteiger partial charge in [-0.3, -0.25) is 9.59 Å². The van der Waals surface area contributed by atoms with Crippen molar-refractivity contribution in [3.63, 3.8) is 0 Å². The first-order valence-electron chi connectivity index (χ1n) is 8.53. The van der Waals surface area contributed by atoms with Crippen molar-refractivity contribution in [2.24, 2.45) is 0 Å². The maximum atomic E-state index is 13.1. The van der Waals surface area contributed by atoms with Gasteiger partial charge in [0.2, 0.25) is 5.91 Å². The lowest BCUT2D eigenvalue weighted by atomic mass is 10.00. The maximum Gasteiger partial charge on any atom is 0.254 e. The number of rotatable bonds is 2. The molecule has 0 radical (unpaired) electrons. The van der Waals surface area contributed by atoms with Crippen LogP contribution in [0.4, 0.5) is 5.69 Å². The van der Waals surface area contributed by atoms with Gasteiger partial charge >= 0.3 is 0 Å². The molecule has 2 aliphatic heterocycles. The molecule has 1 fully saturated rings. The van der Waals surface area contributed by atoms with Gasteiger partial charge < -0.3 is 9.80 Å². The fourth-order valence-corrected chi connectivity index (χ4v) is 4.89. The molecule has 1 saturated heterocycles. The second-order valence-electron chi connectivity index (χ2n) is 6.54. The Hall–Kier alpha value is -1.85. The minimum atomic E-state index is -0.00564. The predicted octanol–water partition coefficient (Wildman–Crippen LogP) is 4.29. The summed E-state index contributed by atoms with van der Waals surface area (Å²) in [6.07, 6.45) is 2.27. The average molecular weight is 375 g/mol. The molecule has 4 rings (SSSR count). The number of benzene rings is 1. The van der Waals surface area contributed by atoms with Crippen LogP contribution < -0.4 is 4.90 Å². The average Bonchev–Trinajstić information content (AvgIpc) is 3.24. The Labute approximate surface area is 156 Å². The summed E-state index contributed by atoms with van der Waals surface area (Å²) in [5.41, 5.74) is 2.48. The molecule has 6 heteroatoms. The molecule has 2 amide bonds. The van der Waals surface area contributed by atoms with Crippen LogP contribution in [-0.4, -0.2) is 29.8 Å². The molecule has 3 heterocycles. The molecule has 4 nitrogen and oxygen atoms in total. The third-order valence-corrected chi connectivity index (χ3v) is 6.41. The number of anilines is 1. The highest BCUT2D eigenvalue weighted by molar-refractivity contribution is 7.10. The number of fused-ring (bicyclic) bond motifs is 1. The monoisotopic (exact) mass is 374 g/mol. The molecular weight excluding hydrogens is 356 g/mol. The third-order valence-electron chi connectivity index (χ3n) is 5.10. The Balaban J connectivity index is 1.64. The predicted molar refractivity (Wildman–Crippen MR) is 101 cm³/mol. The number of hydrogen-bond donors (Lipinski definition) is 0. The lowest BCUT2D eigenvalue weighted by Gasteiger charge is -2.34. The van der Waals surface area contributed by atoms with Crippen LogP contribution in [0.15, 0.2) is 29.6 Å². The molecule has 2 aromatic rings. The second-order valence-corrected chi connectivity index (χ2v) is 7.95. The number of hydrogen-bond acceptors (Lipinski definition) is 3. The Kier molecular flexibility index (Phi) is 4.29. The summed E-state index contributed by atoms with van der Waals surface area (Å²) in [5.74, 6) is 0.0645. The van der Waals surface area contributed by atoms with E-state index in [1.54, 1.807) is 34.4 Å². The van der Waals surface area contributed by atoms with Gasteiger partial charge in [0.25, 0.3) is 5.91 Å². The molecule has 0 N–H and O–H groups in total. The molecule has 0 unspecified atom stereocenters. The number of halogens is 1. The molecule has 2 aliphatic rings. The summed E-state index contributed by atoms with van der Waals surface area (Å²) >= 11 is 8.06. The zero-order valence-electron chi connectivity index (χ0n) is 14.0. The van der Waals surface area contributed by atoms with E-state index in [4.69, 9.17) is 11.6 Å². The van der Waals surface area contributed by atoms with E-state index in [9.17, 15) is 9.59 Å². The van der Waals surface area contributed by atoms with E-state index in [0.29, 0.717) is 35.8 Å². The highest BCUT2D eigenvalue weighted by Crippen LogP contribution is 2.35. The number of carbonyl (C=O) groups excluding carboxylic acids is 2. The van der Waals surface area contributed by atoms with Crippen LogP contribution in [0.3, 0.4) is 0 Å². The van der Waals surface area contributed by atoms with Crippen LogP contribution in [0.2, 0.25) is 5.02 Å². The van der Waals surface area contributed by atoms with E-state index >= 15 is 0 Å². The molecular formula is C19H19ClN2O2S. The summed E-state index contributed by atoms with van der Waals surface area (Å²) in [4.78, 5) is 30.1. The Morgan fingerprint density at radius 3 is 2.84 bits per heavy atom. The van der Waals surface area contributed by atoms with Crippen LogP contribution in [0.1, 0.15) is 46.6 Å². The minimum Gasteiger partial charge on any atom is -0.331 e. The quantitative estimate of drug-likeness (QED) is 0.786. The molecule has 130 valence electrons. The van der Waals surface area contributed by atoms with E-state index in [0.717, 1.165) is 12.8 Å². The largest absolute Gasteiger partial charge is 0.331 e. The van der Waals surface area contributed by atoms with Crippen LogP contribution in [0.25, 0.3) is 0 Å². The number of thiophene rings is 1. The number of amides is 2. The van der Waals surface area contributed by atoms with Gasteiger partial charge in [-0.15, -0.1) is 11.3 Å². The third kappa shape index (κ3) is 2.85. The Bertz CT molecular complexity index is 848. The van der Waals surface area contributed by atoms with Gasteiger partial charge in [-0.2, -0.15) is 0 Å². The first-order valence-corrected chi connectivity index (χ1v) is 9.79. The summed E-state index contributed by atoms with van der Waals surface area (Å²) in [5, 5.41) is 2.60. The number of carbonyl (C=O) groups is 2. The lowest BCUT2D eigenvalue weighted by Crippen LogP contribution is -2.38. The van der Waals surface area contributed by atoms with Gasteiger partial charge in [0.1, 0.15) is 0 Å². The van der Waals surface area contributed by atoms with Crippen LogP contribution in [-0.2, 0) is 11.2 Å². The molecule has 0 saturated carbocycles. The second kappa shape index (κ2) is 6.46. The molecule has 0 bridgehead atoms. The van der Waals surface area contributed by atoms with E-state index < -0.39 is 0 Å².